The number of primary sulfonamides is 1. The van der Waals surface area contributed by atoms with Crippen molar-refractivity contribution in [1.82, 2.24) is 0 Å². The smallest absolute Gasteiger partial charge is 0.225 e. The van der Waals surface area contributed by atoms with Crippen LogP contribution in [0.1, 0.15) is 25.8 Å². The third kappa shape index (κ3) is 2.82. The first kappa shape index (κ1) is 12.3. The van der Waals surface area contributed by atoms with Gasteiger partial charge in [0.25, 0.3) is 0 Å². The van der Waals surface area contributed by atoms with Crippen LogP contribution in [0.2, 0.25) is 0 Å². The van der Waals surface area contributed by atoms with Gasteiger partial charge in [-0.15, -0.1) is 0 Å². The van der Waals surface area contributed by atoms with Crippen LogP contribution in [-0.2, 0) is 15.3 Å². The van der Waals surface area contributed by atoms with Gasteiger partial charge in [-0.05, 0) is 17.4 Å². The summed E-state index contributed by atoms with van der Waals surface area (Å²) >= 11 is 0. The van der Waals surface area contributed by atoms with Gasteiger partial charge in [0.15, 0.2) is 0 Å². The predicted molar refractivity (Wildman–Crippen MR) is 64.0 cm³/mol. The molecule has 3 nitrogen and oxygen atoms in total. The first-order valence-corrected chi connectivity index (χ1v) is 6.45. The molecule has 1 unspecified atom stereocenters. The van der Waals surface area contributed by atoms with Crippen molar-refractivity contribution in [2.24, 2.45) is 5.14 Å². The molecule has 0 heterocycles. The summed E-state index contributed by atoms with van der Waals surface area (Å²) in [6, 6.07) is 6.76. The Morgan fingerprint density at radius 2 is 1.80 bits per heavy atom. The molecule has 0 amide bonds. The minimum Gasteiger partial charge on any atom is -0.225 e. The lowest BCUT2D eigenvalue weighted by Gasteiger charge is -2.23. The topological polar surface area (TPSA) is 60.2 Å². The summed E-state index contributed by atoms with van der Waals surface area (Å²) in [4.78, 5) is 0.165. The van der Waals surface area contributed by atoms with Gasteiger partial charge in [0.05, 0.1) is 4.90 Å². The summed E-state index contributed by atoms with van der Waals surface area (Å²) in [5.74, 6) is 0. The van der Waals surface area contributed by atoms with E-state index >= 15 is 0 Å². The maximum absolute atomic E-state index is 11.0. The number of nitrogens with two attached hydrogens (primary N) is 1. The fourth-order valence-electron chi connectivity index (χ4n) is 1.30. The third-order valence-corrected chi connectivity index (χ3v) is 3.78. The van der Waals surface area contributed by atoms with Crippen LogP contribution < -0.4 is 5.14 Å². The summed E-state index contributed by atoms with van der Waals surface area (Å²) in [7, 11) is -1.45. The molecule has 0 fully saturated rings. The van der Waals surface area contributed by atoms with E-state index in [1.165, 1.54) is 0 Å². The molecule has 5 heteroatoms. The Balaban J connectivity index is 3.12. The molecule has 0 aliphatic rings. The van der Waals surface area contributed by atoms with E-state index in [-0.39, 0.29) is 10.2 Å². The van der Waals surface area contributed by atoms with Gasteiger partial charge in [0.1, 0.15) is 7.85 Å². The maximum atomic E-state index is 11.0. The highest BCUT2D eigenvalue weighted by atomic mass is 32.2. The second-order valence-corrected chi connectivity index (χ2v) is 5.87. The first-order valence-electron chi connectivity index (χ1n) is 4.91. The second kappa shape index (κ2) is 3.98. The monoisotopic (exact) mass is 225 g/mol. The first-order chi connectivity index (χ1) is 6.77. The van der Waals surface area contributed by atoms with Crippen LogP contribution >= 0.6 is 0 Å². The van der Waals surface area contributed by atoms with Crippen molar-refractivity contribution >= 4 is 17.9 Å². The van der Waals surface area contributed by atoms with Gasteiger partial charge >= 0.3 is 0 Å². The van der Waals surface area contributed by atoms with E-state index in [0.717, 1.165) is 12.0 Å². The molecule has 1 atom stereocenters. The van der Waals surface area contributed by atoms with Gasteiger partial charge in [-0.1, -0.05) is 38.0 Å². The van der Waals surface area contributed by atoms with Crippen molar-refractivity contribution in [3.8, 4) is 0 Å². The molecule has 0 aromatic heterocycles. The van der Waals surface area contributed by atoms with Gasteiger partial charge in [-0.2, -0.15) is 0 Å². The Morgan fingerprint density at radius 1 is 1.33 bits per heavy atom. The molecule has 15 heavy (non-hydrogen) atoms. The molecule has 0 radical (unpaired) electrons. The van der Waals surface area contributed by atoms with Gasteiger partial charge in [0, 0.05) is 0 Å². The lowest BCUT2D eigenvalue weighted by molar-refractivity contribution is 0.597. The van der Waals surface area contributed by atoms with E-state index in [0.29, 0.717) is 0 Å². The van der Waals surface area contributed by atoms with E-state index < -0.39 is 10.0 Å². The molecule has 1 rings (SSSR count). The quantitative estimate of drug-likeness (QED) is 0.765. The molecule has 0 spiro atoms. The van der Waals surface area contributed by atoms with Crippen LogP contribution in [0.25, 0.3) is 0 Å². The standard InChI is InChI=1S/C10H16BNO2S/c1-3-10(2,11)8-4-6-9(7-5-8)15(12,13)14/h4-7H,3,11H2,1-2H3,(H2,12,13,14). The normalized spacial score (nSPS) is 15.9. The number of hydrogen-bond donors (Lipinski definition) is 1. The highest BCUT2D eigenvalue weighted by Gasteiger charge is 2.18. The Bertz CT molecular complexity index is 437. The Hall–Kier alpha value is -0.805. The maximum Gasteiger partial charge on any atom is 0.238 e. The highest BCUT2D eigenvalue weighted by Crippen LogP contribution is 2.24. The molecule has 82 valence electrons. The van der Waals surface area contributed by atoms with Gasteiger partial charge in [0.2, 0.25) is 10.0 Å². The third-order valence-electron chi connectivity index (χ3n) is 2.85. The molecule has 0 aliphatic carbocycles. The zero-order valence-electron chi connectivity index (χ0n) is 9.32. The molecule has 0 bridgehead atoms. The van der Waals surface area contributed by atoms with Crippen molar-refractivity contribution in [2.75, 3.05) is 0 Å². The Morgan fingerprint density at radius 3 is 2.13 bits per heavy atom. The minimum atomic E-state index is -3.57. The van der Waals surface area contributed by atoms with Crippen molar-refractivity contribution in [2.45, 2.75) is 30.5 Å². The Labute approximate surface area is 92.1 Å². The van der Waals surface area contributed by atoms with Crippen LogP contribution in [-0.4, -0.2) is 16.3 Å². The second-order valence-electron chi connectivity index (χ2n) is 4.31. The van der Waals surface area contributed by atoms with E-state index in [4.69, 9.17) is 5.14 Å². The summed E-state index contributed by atoms with van der Waals surface area (Å²) in [6.45, 7) is 4.23. The van der Waals surface area contributed by atoms with Crippen molar-refractivity contribution in [3.63, 3.8) is 0 Å². The van der Waals surface area contributed by atoms with Crippen molar-refractivity contribution < 1.29 is 8.42 Å². The zero-order chi connectivity index (χ0) is 11.7. The lowest BCUT2D eigenvalue weighted by Crippen LogP contribution is -2.21. The number of sulfonamides is 1. The molecular formula is C10H16BNO2S. The summed E-state index contributed by atoms with van der Waals surface area (Å²) in [5.41, 5.74) is 1.12. The fraction of sp³-hybridized carbons (Fsp3) is 0.400. The van der Waals surface area contributed by atoms with Gasteiger partial charge < -0.3 is 0 Å². The fourth-order valence-corrected chi connectivity index (χ4v) is 1.82. The molecule has 2 N–H and O–H groups in total. The number of benzene rings is 1. The zero-order valence-corrected chi connectivity index (χ0v) is 10.1. The van der Waals surface area contributed by atoms with Crippen LogP contribution in [0.4, 0.5) is 0 Å². The van der Waals surface area contributed by atoms with Crippen LogP contribution in [0, 0.1) is 0 Å². The minimum absolute atomic E-state index is 0.0664. The van der Waals surface area contributed by atoms with Crippen molar-refractivity contribution in [3.05, 3.63) is 29.8 Å². The van der Waals surface area contributed by atoms with E-state index in [2.05, 4.69) is 21.7 Å². The number of rotatable bonds is 3. The molecule has 0 aliphatic heterocycles. The van der Waals surface area contributed by atoms with Gasteiger partial charge in [-0.3, -0.25) is 0 Å². The SMILES string of the molecule is BC(C)(CC)c1ccc(S(N)(=O)=O)cc1. The average Bonchev–Trinajstić information content (AvgIpc) is 2.17. The van der Waals surface area contributed by atoms with Crippen LogP contribution in [0.3, 0.4) is 0 Å². The summed E-state index contributed by atoms with van der Waals surface area (Å²) < 4.78 is 22.1. The molecular weight excluding hydrogens is 209 g/mol. The molecule has 1 aromatic rings. The van der Waals surface area contributed by atoms with E-state index in [9.17, 15) is 8.42 Å². The summed E-state index contributed by atoms with van der Waals surface area (Å²) in [5, 5.41) is 5.09. The average molecular weight is 225 g/mol. The van der Waals surface area contributed by atoms with Crippen molar-refractivity contribution in [1.29, 1.82) is 0 Å². The Kier molecular flexibility index (Phi) is 3.26. The molecule has 1 aromatic carbocycles. The lowest BCUT2D eigenvalue weighted by atomic mass is 9.64. The molecule has 0 saturated carbocycles. The predicted octanol–water partition coefficient (Wildman–Crippen LogP) is 0.592. The van der Waals surface area contributed by atoms with Gasteiger partial charge in [-0.25, -0.2) is 13.6 Å². The van der Waals surface area contributed by atoms with E-state index in [1.807, 2.05) is 12.1 Å². The van der Waals surface area contributed by atoms with Crippen LogP contribution in [0.5, 0.6) is 0 Å². The van der Waals surface area contributed by atoms with Crippen LogP contribution in [0.15, 0.2) is 29.2 Å². The highest BCUT2D eigenvalue weighted by molar-refractivity contribution is 7.89. The summed E-state index contributed by atoms with van der Waals surface area (Å²) in [6.07, 6.45) is 1.00. The number of hydrogen-bond acceptors (Lipinski definition) is 2. The molecule has 0 saturated heterocycles. The largest absolute Gasteiger partial charge is 0.238 e. The van der Waals surface area contributed by atoms with E-state index in [1.54, 1.807) is 12.1 Å².